The van der Waals surface area contributed by atoms with E-state index in [1.165, 1.54) is 5.56 Å². The third-order valence-electron chi connectivity index (χ3n) is 8.71. The molecule has 2 aromatic carbocycles. The van der Waals surface area contributed by atoms with Crippen LogP contribution in [0.2, 0.25) is 10.0 Å². The summed E-state index contributed by atoms with van der Waals surface area (Å²) in [5, 5.41) is 20.7. The molecule has 2 aliphatic rings. The second kappa shape index (κ2) is 14.5. The number of hydrogen-bond donors (Lipinski definition) is 4. The van der Waals surface area contributed by atoms with E-state index in [4.69, 9.17) is 37.9 Å². The molecular weight excluding hydrogens is 621 g/mol. The van der Waals surface area contributed by atoms with Crippen LogP contribution in [-0.2, 0) is 17.8 Å². The summed E-state index contributed by atoms with van der Waals surface area (Å²) in [6.45, 7) is 3.59. The molecule has 0 radical (unpaired) electrons. The van der Waals surface area contributed by atoms with Crippen molar-refractivity contribution in [3.63, 3.8) is 0 Å². The number of aromatic nitrogens is 2. The summed E-state index contributed by atoms with van der Waals surface area (Å²) in [7, 11) is 1.61. The lowest BCUT2D eigenvalue weighted by atomic mass is 9.90. The summed E-state index contributed by atoms with van der Waals surface area (Å²) in [6, 6.07) is 20.2. The number of fused-ring (bicyclic) bond motifs is 1. The van der Waals surface area contributed by atoms with Gasteiger partial charge in [-0.2, -0.15) is 0 Å². The Balaban J connectivity index is 1.25. The molecule has 8 nitrogen and oxygen atoms in total. The number of nitrogens with zero attached hydrogens (tertiary/aromatic N) is 2. The highest BCUT2D eigenvalue weighted by molar-refractivity contribution is 6.39. The van der Waals surface area contributed by atoms with Crippen molar-refractivity contribution in [3.05, 3.63) is 87.5 Å². The van der Waals surface area contributed by atoms with Gasteiger partial charge in [-0.3, -0.25) is 9.78 Å². The minimum absolute atomic E-state index is 0.106. The first-order chi connectivity index (χ1) is 22.3. The summed E-state index contributed by atoms with van der Waals surface area (Å²) in [5.41, 5.74) is 7.92. The van der Waals surface area contributed by atoms with Gasteiger partial charge < -0.3 is 25.8 Å². The van der Waals surface area contributed by atoms with Gasteiger partial charge in [0.2, 0.25) is 11.8 Å². The summed E-state index contributed by atoms with van der Waals surface area (Å²) >= 11 is 14.2. The molecule has 1 fully saturated rings. The Bertz CT molecular complexity index is 1730. The van der Waals surface area contributed by atoms with Gasteiger partial charge in [-0.1, -0.05) is 71.7 Å². The van der Waals surface area contributed by atoms with Crippen molar-refractivity contribution in [2.45, 2.75) is 63.8 Å². The number of methoxy groups -OCH3 is 1. The molecule has 10 heteroatoms. The van der Waals surface area contributed by atoms with E-state index in [9.17, 15) is 9.90 Å². The van der Waals surface area contributed by atoms with Crippen LogP contribution >= 0.6 is 23.2 Å². The highest BCUT2D eigenvalue weighted by Crippen LogP contribution is 2.42. The number of benzene rings is 2. The molecule has 1 aliphatic carbocycles. The third kappa shape index (κ3) is 7.06. The molecule has 0 bridgehead atoms. The number of aliphatic hydroxyl groups excluding tert-OH is 1. The fraction of sp³-hybridized carbons (Fsp3) is 0.361. The van der Waals surface area contributed by atoms with Crippen LogP contribution in [0, 0.1) is 0 Å². The Morgan fingerprint density at radius 1 is 0.935 bits per heavy atom. The molecule has 240 valence electrons. The molecule has 2 aromatic heterocycles. The smallest absolute Gasteiger partial charge is 0.220 e. The van der Waals surface area contributed by atoms with Gasteiger partial charge in [-0.05, 0) is 50.3 Å². The van der Waals surface area contributed by atoms with Crippen LogP contribution in [0.15, 0.2) is 60.7 Å². The molecule has 0 spiro atoms. The summed E-state index contributed by atoms with van der Waals surface area (Å²) in [4.78, 5) is 21.3. The Morgan fingerprint density at radius 2 is 1.61 bits per heavy atom. The van der Waals surface area contributed by atoms with Crippen LogP contribution in [0.5, 0.6) is 5.88 Å². The normalized spacial score (nSPS) is 18.2. The first-order valence-corrected chi connectivity index (χ1v) is 16.6. The Kier molecular flexibility index (Phi) is 10.2. The van der Waals surface area contributed by atoms with Crippen LogP contribution in [0.3, 0.4) is 0 Å². The van der Waals surface area contributed by atoms with E-state index in [1.54, 1.807) is 14.0 Å². The van der Waals surface area contributed by atoms with Gasteiger partial charge in [0.05, 0.1) is 34.6 Å². The number of pyridine rings is 2. The summed E-state index contributed by atoms with van der Waals surface area (Å²) < 4.78 is 5.65. The molecule has 1 aliphatic heterocycles. The molecule has 4 N–H and O–H groups in total. The van der Waals surface area contributed by atoms with Gasteiger partial charge >= 0.3 is 0 Å². The number of hydrogen-bond acceptors (Lipinski definition) is 7. The van der Waals surface area contributed by atoms with Crippen molar-refractivity contribution in [2.24, 2.45) is 0 Å². The minimum Gasteiger partial charge on any atom is -0.481 e. The number of halogens is 2. The van der Waals surface area contributed by atoms with Gasteiger partial charge in [0.1, 0.15) is 0 Å². The first-order valence-electron chi connectivity index (χ1n) is 15.9. The molecule has 46 heavy (non-hydrogen) atoms. The van der Waals surface area contributed by atoms with Crippen LogP contribution in [0.4, 0.5) is 0 Å². The molecule has 3 atom stereocenters. The zero-order valence-electron chi connectivity index (χ0n) is 26.1. The second-order valence-corrected chi connectivity index (χ2v) is 12.8. The fourth-order valence-corrected chi connectivity index (χ4v) is 7.00. The predicted octanol–water partition coefficient (Wildman–Crippen LogP) is 6.51. The maximum absolute atomic E-state index is 11.5. The van der Waals surface area contributed by atoms with Crippen molar-refractivity contribution in [1.82, 2.24) is 25.9 Å². The number of carbonyl (C=O) groups excluding carboxylic acids is 1. The fourth-order valence-electron chi connectivity index (χ4n) is 6.35. The molecule has 1 unspecified atom stereocenters. The number of nitrogens with one attached hydrogen (secondary N) is 3. The Hall–Kier alpha value is -3.53. The summed E-state index contributed by atoms with van der Waals surface area (Å²) in [6.07, 6.45) is 3.99. The number of rotatable bonds is 11. The highest BCUT2D eigenvalue weighted by atomic mass is 35.5. The topological polar surface area (TPSA) is 108 Å². The molecule has 4 aromatic rings. The van der Waals surface area contributed by atoms with E-state index in [0.717, 1.165) is 64.9 Å². The average molecular weight is 661 g/mol. The van der Waals surface area contributed by atoms with Crippen molar-refractivity contribution in [3.8, 4) is 39.5 Å². The maximum atomic E-state index is 11.5. The molecule has 1 amide bonds. The van der Waals surface area contributed by atoms with Gasteiger partial charge in [0, 0.05) is 71.6 Å². The lowest BCUT2D eigenvalue weighted by Crippen LogP contribution is -2.35. The molecule has 3 heterocycles. The minimum atomic E-state index is -0.400. The molecule has 0 saturated carbocycles. The zero-order valence-corrected chi connectivity index (χ0v) is 27.6. The lowest BCUT2D eigenvalue weighted by Gasteiger charge is -2.27. The molecule has 6 rings (SSSR count). The van der Waals surface area contributed by atoms with E-state index in [0.29, 0.717) is 47.7 Å². The third-order valence-corrected chi connectivity index (χ3v) is 9.53. The van der Waals surface area contributed by atoms with Crippen molar-refractivity contribution < 1.29 is 14.6 Å². The van der Waals surface area contributed by atoms with Crippen LogP contribution in [-0.4, -0.2) is 53.3 Å². The zero-order chi connectivity index (χ0) is 32.2. The second-order valence-electron chi connectivity index (χ2n) is 12.1. The van der Waals surface area contributed by atoms with Crippen molar-refractivity contribution in [2.75, 3.05) is 20.2 Å². The standard InChI is InChI=1S/C36H39Cl2N5O3/c1-21(44)18-40-29-10-5-11-30-26(29)14-16-31(42-30)27-8-3-6-24(34(27)37)25-7-4-9-28(35(25)38)32-15-12-22(36(43-32)46-2)19-39-20-23-13-17-33(45)41-23/h3-4,6-9,12,14-16,21,23,29,39-40,44H,5,10-11,13,17-20H2,1-2H3,(H,41,45)/t21?,23-,29-/m1/s1. The van der Waals surface area contributed by atoms with E-state index >= 15 is 0 Å². The quantitative estimate of drug-likeness (QED) is 0.145. The number of aryl methyl sites for hydroxylation is 1. The SMILES string of the molecule is COc1nc(-c2cccc(-c3cccc(-c4ccc5c(n4)CCC[C@H]5NCC(C)O)c3Cl)c2Cl)ccc1CNC[C@H]1CCC(=O)N1. The van der Waals surface area contributed by atoms with Crippen molar-refractivity contribution in [1.29, 1.82) is 0 Å². The maximum Gasteiger partial charge on any atom is 0.220 e. The summed E-state index contributed by atoms with van der Waals surface area (Å²) in [5.74, 6) is 0.623. The van der Waals surface area contributed by atoms with Crippen molar-refractivity contribution >= 4 is 29.1 Å². The number of amides is 1. The van der Waals surface area contributed by atoms with Gasteiger partial charge in [-0.25, -0.2) is 4.98 Å². The van der Waals surface area contributed by atoms with Crippen LogP contribution < -0.4 is 20.7 Å². The van der Waals surface area contributed by atoms with Crippen LogP contribution in [0.1, 0.15) is 55.5 Å². The number of carbonyl (C=O) groups is 1. The van der Waals surface area contributed by atoms with E-state index in [2.05, 4.69) is 22.0 Å². The van der Waals surface area contributed by atoms with Gasteiger partial charge in [0.25, 0.3) is 0 Å². The largest absolute Gasteiger partial charge is 0.481 e. The molecular formula is C36H39Cl2N5O3. The Labute approximate surface area is 279 Å². The number of ether oxygens (including phenoxy) is 1. The highest BCUT2D eigenvalue weighted by Gasteiger charge is 2.24. The van der Waals surface area contributed by atoms with E-state index in [-0.39, 0.29) is 18.0 Å². The predicted molar refractivity (Wildman–Crippen MR) is 183 cm³/mol. The average Bonchev–Trinajstić information content (AvgIpc) is 3.48. The van der Waals surface area contributed by atoms with Crippen LogP contribution in [0.25, 0.3) is 33.6 Å². The Morgan fingerprint density at radius 3 is 2.26 bits per heavy atom. The lowest BCUT2D eigenvalue weighted by molar-refractivity contribution is -0.119. The molecule has 1 saturated heterocycles. The van der Waals surface area contributed by atoms with Gasteiger partial charge in [0.15, 0.2) is 0 Å². The monoisotopic (exact) mass is 659 g/mol. The number of aliphatic hydroxyl groups is 1. The van der Waals surface area contributed by atoms with E-state index < -0.39 is 6.10 Å². The first kappa shape index (κ1) is 32.4. The van der Waals surface area contributed by atoms with E-state index in [1.807, 2.05) is 54.6 Å². The van der Waals surface area contributed by atoms with Gasteiger partial charge in [-0.15, -0.1) is 0 Å².